The standard InChI is InChI=1S/C22H25N/c1-23-15-7-6-10-19(23)13-14-22-20-11-4-2-8-17(20)16-18-9-3-5-12-21(18)22/h2-5,8-9,11-14,19,22H,6-7,10,15-16H2,1H3/b14-13+/t19-/m0/s1. The molecule has 2 aromatic rings. The molecular formula is C22H25N. The molecule has 1 aliphatic heterocycles. The second kappa shape index (κ2) is 6.33. The maximum absolute atomic E-state index is 2.50. The zero-order valence-corrected chi connectivity index (χ0v) is 13.9. The molecule has 0 N–H and O–H groups in total. The summed E-state index contributed by atoms with van der Waals surface area (Å²) in [5.74, 6) is 0.409. The highest BCUT2D eigenvalue weighted by Crippen LogP contribution is 2.37. The number of rotatable bonds is 2. The predicted molar refractivity (Wildman–Crippen MR) is 96.9 cm³/mol. The number of likely N-dealkylation sites (N-methyl/N-ethyl adjacent to an activating group) is 1. The van der Waals surface area contributed by atoms with Crippen LogP contribution in [0.25, 0.3) is 0 Å². The van der Waals surface area contributed by atoms with Gasteiger partial charge in [-0.2, -0.15) is 0 Å². The van der Waals surface area contributed by atoms with E-state index in [-0.39, 0.29) is 0 Å². The zero-order chi connectivity index (χ0) is 15.6. The third kappa shape index (κ3) is 2.86. The lowest BCUT2D eigenvalue weighted by Crippen LogP contribution is -2.34. The highest BCUT2D eigenvalue weighted by Gasteiger charge is 2.24. The van der Waals surface area contributed by atoms with Crippen LogP contribution in [0.3, 0.4) is 0 Å². The Labute approximate surface area is 139 Å². The number of allylic oxidation sites excluding steroid dienone is 1. The number of piperidine rings is 1. The molecule has 1 aliphatic carbocycles. The molecule has 0 radical (unpaired) electrons. The smallest absolute Gasteiger partial charge is 0.0275 e. The molecule has 118 valence electrons. The first-order valence-corrected chi connectivity index (χ1v) is 8.87. The Morgan fingerprint density at radius 2 is 1.52 bits per heavy atom. The van der Waals surface area contributed by atoms with Gasteiger partial charge in [0, 0.05) is 12.0 Å². The summed E-state index contributed by atoms with van der Waals surface area (Å²) in [6.45, 7) is 1.23. The van der Waals surface area contributed by atoms with Crippen molar-refractivity contribution in [3.05, 3.63) is 82.9 Å². The summed E-state index contributed by atoms with van der Waals surface area (Å²) in [5.41, 5.74) is 5.94. The minimum absolute atomic E-state index is 0.409. The average molecular weight is 303 g/mol. The average Bonchev–Trinajstić information content (AvgIpc) is 2.60. The van der Waals surface area contributed by atoms with Crippen LogP contribution in [0.5, 0.6) is 0 Å². The maximum atomic E-state index is 2.50. The third-order valence-electron chi connectivity index (χ3n) is 5.51. The van der Waals surface area contributed by atoms with Gasteiger partial charge in [-0.25, -0.2) is 0 Å². The Bertz CT molecular complexity index is 670. The van der Waals surface area contributed by atoms with Gasteiger partial charge < -0.3 is 0 Å². The first kappa shape index (κ1) is 14.7. The van der Waals surface area contributed by atoms with Crippen LogP contribution < -0.4 is 0 Å². The molecule has 0 bridgehead atoms. The van der Waals surface area contributed by atoms with Crippen LogP contribution in [-0.4, -0.2) is 24.5 Å². The fourth-order valence-electron chi connectivity index (χ4n) is 4.16. The van der Waals surface area contributed by atoms with E-state index < -0.39 is 0 Å². The lowest BCUT2D eigenvalue weighted by atomic mass is 9.78. The van der Waals surface area contributed by atoms with Crippen LogP contribution in [-0.2, 0) is 6.42 Å². The highest BCUT2D eigenvalue weighted by molar-refractivity contribution is 5.51. The van der Waals surface area contributed by atoms with Gasteiger partial charge >= 0.3 is 0 Å². The lowest BCUT2D eigenvalue weighted by molar-refractivity contribution is 0.221. The SMILES string of the molecule is CN1CCCC[C@H]1/C=C/C1c2ccccc2Cc2ccccc21. The lowest BCUT2D eigenvalue weighted by Gasteiger charge is -2.31. The molecule has 1 nitrogen and oxygen atoms in total. The fourth-order valence-corrected chi connectivity index (χ4v) is 4.16. The Hall–Kier alpha value is -1.86. The van der Waals surface area contributed by atoms with Crippen LogP contribution in [0.1, 0.15) is 47.4 Å². The van der Waals surface area contributed by atoms with Crippen LogP contribution in [0.4, 0.5) is 0 Å². The summed E-state index contributed by atoms with van der Waals surface area (Å²) in [5, 5.41) is 0. The van der Waals surface area contributed by atoms with Gasteiger partial charge in [-0.3, -0.25) is 4.90 Å². The fraction of sp³-hybridized carbons (Fsp3) is 0.364. The van der Waals surface area contributed by atoms with Gasteiger partial charge in [-0.15, -0.1) is 0 Å². The summed E-state index contributed by atoms with van der Waals surface area (Å²) >= 11 is 0. The molecule has 0 spiro atoms. The summed E-state index contributed by atoms with van der Waals surface area (Å²) in [6.07, 6.45) is 9.99. The van der Waals surface area contributed by atoms with Gasteiger partial charge in [-0.05, 0) is 55.1 Å². The van der Waals surface area contributed by atoms with E-state index in [1.54, 1.807) is 0 Å². The van der Waals surface area contributed by atoms with Crippen molar-refractivity contribution in [1.29, 1.82) is 0 Å². The van der Waals surface area contributed by atoms with Crippen molar-refractivity contribution in [2.45, 2.75) is 37.6 Å². The highest BCUT2D eigenvalue weighted by atomic mass is 15.1. The molecule has 1 fully saturated rings. The topological polar surface area (TPSA) is 3.24 Å². The van der Waals surface area contributed by atoms with Crippen molar-refractivity contribution in [2.24, 2.45) is 0 Å². The van der Waals surface area contributed by atoms with Crippen LogP contribution in [0.15, 0.2) is 60.7 Å². The monoisotopic (exact) mass is 303 g/mol. The minimum atomic E-state index is 0.409. The number of benzene rings is 2. The molecule has 0 aromatic heterocycles. The summed E-state index contributed by atoms with van der Waals surface area (Å²) < 4.78 is 0. The second-order valence-corrected chi connectivity index (χ2v) is 6.98. The Kier molecular flexibility index (Phi) is 4.05. The molecule has 1 saturated heterocycles. The largest absolute Gasteiger partial charge is 0.300 e. The van der Waals surface area contributed by atoms with E-state index in [9.17, 15) is 0 Å². The zero-order valence-electron chi connectivity index (χ0n) is 13.9. The molecule has 1 heterocycles. The van der Waals surface area contributed by atoms with Crippen molar-refractivity contribution in [3.63, 3.8) is 0 Å². The van der Waals surface area contributed by atoms with E-state index in [1.165, 1.54) is 48.1 Å². The first-order valence-electron chi connectivity index (χ1n) is 8.87. The van der Waals surface area contributed by atoms with Gasteiger partial charge in [0.05, 0.1) is 0 Å². The molecule has 4 rings (SSSR count). The number of fused-ring (bicyclic) bond motifs is 2. The van der Waals surface area contributed by atoms with Gasteiger partial charge in [-0.1, -0.05) is 67.1 Å². The quantitative estimate of drug-likeness (QED) is 0.723. The van der Waals surface area contributed by atoms with Crippen molar-refractivity contribution in [2.75, 3.05) is 13.6 Å². The summed E-state index contributed by atoms with van der Waals surface area (Å²) in [6, 6.07) is 18.5. The normalized spacial score (nSPS) is 22.0. The second-order valence-electron chi connectivity index (χ2n) is 6.98. The maximum Gasteiger partial charge on any atom is 0.0275 e. The van der Waals surface area contributed by atoms with E-state index in [0.29, 0.717) is 12.0 Å². The van der Waals surface area contributed by atoms with Crippen molar-refractivity contribution >= 4 is 0 Å². The molecule has 0 unspecified atom stereocenters. The van der Waals surface area contributed by atoms with E-state index in [0.717, 1.165) is 6.42 Å². The van der Waals surface area contributed by atoms with Gasteiger partial charge in [0.1, 0.15) is 0 Å². The van der Waals surface area contributed by atoms with Gasteiger partial charge in [0.15, 0.2) is 0 Å². The number of hydrogen-bond acceptors (Lipinski definition) is 1. The van der Waals surface area contributed by atoms with Crippen LogP contribution in [0.2, 0.25) is 0 Å². The van der Waals surface area contributed by atoms with Crippen molar-refractivity contribution in [1.82, 2.24) is 4.90 Å². The van der Waals surface area contributed by atoms with E-state index >= 15 is 0 Å². The molecule has 0 amide bonds. The summed E-state index contributed by atoms with van der Waals surface area (Å²) in [4.78, 5) is 2.50. The van der Waals surface area contributed by atoms with Crippen LogP contribution >= 0.6 is 0 Å². The Morgan fingerprint density at radius 1 is 0.870 bits per heavy atom. The van der Waals surface area contributed by atoms with Crippen molar-refractivity contribution in [3.8, 4) is 0 Å². The Balaban J connectivity index is 1.70. The number of nitrogens with zero attached hydrogens (tertiary/aromatic N) is 1. The summed E-state index contributed by atoms with van der Waals surface area (Å²) in [7, 11) is 2.26. The molecule has 23 heavy (non-hydrogen) atoms. The van der Waals surface area contributed by atoms with E-state index in [1.807, 2.05) is 0 Å². The molecule has 0 saturated carbocycles. The number of hydrogen-bond donors (Lipinski definition) is 0. The molecular weight excluding hydrogens is 278 g/mol. The minimum Gasteiger partial charge on any atom is -0.300 e. The first-order chi connectivity index (χ1) is 11.3. The van der Waals surface area contributed by atoms with E-state index in [4.69, 9.17) is 0 Å². The van der Waals surface area contributed by atoms with Gasteiger partial charge in [0.25, 0.3) is 0 Å². The van der Waals surface area contributed by atoms with Crippen LogP contribution in [0, 0.1) is 0 Å². The van der Waals surface area contributed by atoms with Gasteiger partial charge in [0.2, 0.25) is 0 Å². The van der Waals surface area contributed by atoms with Crippen molar-refractivity contribution < 1.29 is 0 Å². The predicted octanol–water partition coefficient (Wildman–Crippen LogP) is 4.76. The molecule has 2 aliphatic rings. The third-order valence-corrected chi connectivity index (χ3v) is 5.51. The Morgan fingerprint density at radius 3 is 2.17 bits per heavy atom. The molecule has 1 atom stereocenters. The number of likely N-dealkylation sites (tertiary alicyclic amines) is 1. The molecule has 2 aromatic carbocycles. The molecule has 1 heteroatoms. The van der Waals surface area contributed by atoms with E-state index in [2.05, 4.69) is 72.6 Å².